The highest BCUT2D eigenvalue weighted by molar-refractivity contribution is 6.04. The summed E-state index contributed by atoms with van der Waals surface area (Å²) >= 11 is 0. The Hall–Kier alpha value is -0.980. The second kappa shape index (κ2) is 24.8. The molecular formula is C33H66N4O2. The van der Waals surface area contributed by atoms with Gasteiger partial charge in [-0.15, -0.1) is 0 Å². The van der Waals surface area contributed by atoms with Crippen molar-refractivity contribution in [2.75, 3.05) is 13.1 Å². The first kappa shape index (κ1) is 36.0. The Morgan fingerprint density at radius 2 is 1.26 bits per heavy atom. The summed E-state index contributed by atoms with van der Waals surface area (Å²) in [5.41, 5.74) is 0.883. The molecule has 4 N–H and O–H groups in total. The molecule has 0 saturated heterocycles. The molecule has 1 rings (SSSR count). The number of rotatable bonds is 25. The zero-order chi connectivity index (χ0) is 28.6. The van der Waals surface area contributed by atoms with Gasteiger partial charge in [-0.3, -0.25) is 20.4 Å². The van der Waals surface area contributed by atoms with E-state index in [2.05, 4.69) is 27.9 Å². The highest BCUT2D eigenvalue weighted by Crippen LogP contribution is 2.15. The van der Waals surface area contributed by atoms with E-state index in [9.17, 15) is 9.90 Å². The molecule has 1 aliphatic rings. The van der Waals surface area contributed by atoms with Crippen LogP contribution in [0, 0.1) is 5.92 Å². The summed E-state index contributed by atoms with van der Waals surface area (Å²) in [6.07, 6.45) is 27.2. The largest absolute Gasteiger partial charge is 0.379 e. The number of nitrogens with one attached hydrogen (secondary N) is 3. The molecule has 0 aromatic rings. The fraction of sp³-hybridized carbons (Fsp3) is 0.939. The van der Waals surface area contributed by atoms with E-state index < -0.39 is 6.23 Å². The van der Waals surface area contributed by atoms with Crippen molar-refractivity contribution in [1.82, 2.24) is 16.0 Å². The van der Waals surface area contributed by atoms with Gasteiger partial charge in [0.25, 0.3) is 0 Å². The molecule has 39 heavy (non-hydrogen) atoms. The number of nitrogens with zero attached hydrogens (tertiary/aromatic N) is 1. The monoisotopic (exact) mass is 551 g/mol. The van der Waals surface area contributed by atoms with E-state index in [0.717, 1.165) is 31.5 Å². The number of carbonyl (C=O) groups is 1. The van der Waals surface area contributed by atoms with Crippen LogP contribution < -0.4 is 16.0 Å². The lowest BCUT2D eigenvalue weighted by molar-refractivity contribution is -0.123. The third kappa shape index (κ3) is 19.7. The summed E-state index contributed by atoms with van der Waals surface area (Å²) in [5.74, 6) is -0.232. The molecule has 0 radical (unpaired) electrons. The van der Waals surface area contributed by atoms with Gasteiger partial charge in [-0.25, -0.2) is 0 Å². The lowest BCUT2D eigenvalue weighted by Crippen LogP contribution is -2.54. The fourth-order valence-corrected chi connectivity index (χ4v) is 5.86. The van der Waals surface area contributed by atoms with Gasteiger partial charge in [-0.1, -0.05) is 122 Å². The first-order valence-electron chi connectivity index (χ1n) is 16.9. The van der Waals surface area contributed by atoms with Gasteiger partial charge >= 0.3 is 0 Å². The number of aliphatic hydroxyl groups is 1. The summed E-state index contributed by atoms with van der Waals surface area (Å²) in [4.78, 5) is 17.1. The molecule has 0 aromatic carbocycles. The molecule has 4 unspecified atom stereocenters. The van der Waals surface area contributed by atoms with E-state index >= 15 is 0 Å². The maximum atomic E-state index is 12.5. The number of aliphatic imine (C=N–C) groups is 1. The summed E-state index contributed by atoms with van der Waals surface area (Å²) in [6.45, 7) is 9.71. The summed E-state index contributed by atoms with van der Waals surface area (Å²) in [7, 11) is 0. The van der Waals surface area contributed by atoms with Crippen LogP contribution >= 0.6 is 0 Å². The van der Waals surface area contributed by atoms with Gasteiger partial charge < -0.3 is 10.4 Å². The van der Waals surface area contributed by atoms with Crippen LogP contribution in [0.2, 0.25) is 0 Å². The Kier molecular flexibility index (Phi) is 22.9. The van der Waals surface area contributed by atoms with Crippen LogP contribution in [-0.4, -0.2) is 48.3 Å². The van der Waals surface area contributed by atoms with Crippen molar-refractivity contribution in [3.63, 3.8) is 0 Å². The van der Waals surface area contributed by atoms with Crippen LogP contribution in [0.25, 0.3) is 0 Å². The van der Waals surface area contributed by atoms with Crippen molar-refractivity contribution in [3.8, 4) is 0 Å². The molecular weight excluding hydrogens is 484 g/mol. The Morgan fingerprint density at radius 3 is 1.74 bits per heavy atom. The van der Waals surface area contributed by atoms with Crippen LogP contribution in [0.5, 0.6) is 0 Å². The van der Waals surface area contributed by atoms with Crippen LogP contribution in [-0.2, 0) is 4.79 Å². The molecule has 0 saturated carbocycles. The maximum Gasteiger partial charge on any atom is 0.230 e. The third-order valence-electron chi connectivity index (χ3n) is 8.26. The van der Waals surface area contributed by atoms with Crippen molar-refractivity contribution >= 4 is 11.6 Å². The number of hydrogen-bond acceptors (Lipinski definition) is 5. The van der Waals surface area contributed by atoms with E-state index in [1.807, 2.05) is 20.8 Å². The van der Waals surface area contributed by atoms with Gasteiger partial charge in [0.05, 0.1) is 12.1 Å². The van der Waals surface area contributed by atoms with Crippen LogP contribution in [0.4, 0.5) is 0 Å². The number of aliphatic hydroxyl groups excluding tert-OH is 1. The molecule has 1 heterocycles. The zero-order valence-corrected chi connectivity index (χ0v) is 26.4. The molecule has 4 atom stereocenters. The van der Waals surface area contributed by atoms with E-state index in [4.69, 9.17) is 0 Å². The highest BCUT2D eigenvalue weighted by Gasteiger charge is 2.29. The quantitative estimate of drug-likeness (QED) is 0.0695. The smallest absolute Gasteiger partial charge is 0.230 e. The number of carbonyl (C=O) groups excluding carboxylic acids is 1. The molecule has 0 bridgehead atoms. The summed E-state index contributed by atoms with van der Waals surface area (Å²) < 4.78 is 0. The lowest BCUT2D eigenvalue weighted by Gasteiger charge is -2.29. The standard InChI is InChI=1S/C33H66N4O2/c1-5-6-7-8-9-10-11-12-13-14-15-16-17-18-19-20-21-22-23-25-31(38)37-30(4)36-29(3)32-28(2)34-26-24-27-35-33(32)39/h29-32,36-38H,5-27H2,1-4H3,(H,35,39). The normalized spacial score (nSPS) is 18.6. The van der Waals surface area contributed by atoms with Crippen LogP contribution in [0.1, 0.15) is 163 Å². The number of hydrogen-bond donors (Lipinski definition) is 4. The van der Waals surface area contributed by atoms with Gasteiger partial charge in [0.15, 0.2) is 0 Å². The topological polar surface area (TPSA) is 85.8 Å². The molecule has 230 valence electrons. The summed E-state index contributed by atoms with van der Waals surface area (Å²) in [6, 6.07) is -0.0588. The Labute approximate surface area is 242 Å². The molecule has 1 amide bonds. The SMILES string of the molecule is CCCCCCCCCCCCCCCCCCCCCC(O)NC(C)NC(C)C1C(=O)NCCCN=C1C. The van der Waals surface area contributed by atoms with Crippen molar-refractivity contribution in [3.05, 3.63) is 0 Å². The third-order valence-corrected chi connectivity index (χ3v) is 8.26. The minimum absolute atomic E-state index is 0.0396. The highest BCUT2D eigenvalue weighted by atomic mass is 16.3. The Balaban J connectivity index is 1.93. The van der Waals surface area contributed by atoms with Gasteiger partial charge in [0.1, 0.15) is 6.23 Å². The van der Waals surface area contributed by atoms with E-state index in [-0.39, 0.29) is 24.0 Å². The Morgan fingerprint density at radius 1 is 0.795 bits per heavy atom. The minimum atomic E-state index is -0.522. The van der Waals surface area contributed by atoms with Crippen molar-refractivity contribution in [1.29, 1.82) is 0 Å². The molecule has 6 nitrogen and oxygen atoms in total. The Bertz CT molecular complexity index is 613. The lowest BCUT2D eigenvalue weighted by atomic mass is 9.94. The molecule has 0 fully saturated rings. The predicted octanol–water partition coefficient (Wildman–Crippen LogP) is 7.64. The second-order valence-corrected chi connectivity index (χ2v) is 12.2. The van der Waals surface area contributed by atoms with Gasteiger partial charge in [0, 0.05) is 24.8 Å². The van der Waals surface area contributed by atoms with Gasteiger partial charge in [0.2, 0.25) is 5.91 Å². The van der Waals surface area contributed by atoms with Crippen LogP contribution in [0.3, 0.4) is 0 Å². The second-order valence-electron chi connectivity index (χ2n) is 12.2. The average Bonchev–Trinajstić information content (AvgIpc) is 2.88. The molecule has 0 aliphatic carbocycles. The number of unbranched alkanes of at least 4 members (excludes halogenated alkanes) is 18. The summed E-state index contributed by atoms with van der Waals surface area (Å²) in [5, 5.41) is 20.1. The van der Waals surface area contributed by atoms with Gasteiger partial charge in [-0.05, 0) is 40.0 Å². The van der Waals surface area contributed by atoms with Crippen molar-refractivity contribution in [2.24, 2.45) is 10.9 Å². The maximum absolute atomic E-state index is 12.5. The van der Waals surface area contributed by atoms with Crippen molar-refractivity contribution in [2.45, 2.75) is 181 Å². The van der Waals surface area contributed by atoms with Crippen molar-refractivity contribution < 1.29 is 9.90 Å². The van der Waals surface area contributed by atoms with E-state index in [1.54, 1.807) is 0 Å². The fourth-order valence-electron chi connectivity index (χ4n) is 5.86. The minimum Gasteiger partial charge on any atom is -0.379 e. The molecule has 0 aromatic heterocycles. The number of amides is 1. The molecule has 0 spiro atoms. The van der Waals surface area contributed by atoms with E-state index in [1.165, 1.54) is 116 Å². The van der Waals surface area contributed by atoms with E-state index in [0.29, 0.717) is 6.54 Å². The molecule has 6 heteroatoms. The van der Waals surface area contributed by atoms with Crippen LogP contribution in [0.15, 0.2) is 4.99 Å². The predicted molar refractivity (Wildman–Crippen MR) is 168 cm³/mol. The first-order chi connectivity index (χ1) is 19.0. The first-order valence-corrected chi connectivity index (χ1v) is 16.9. The average molecular weight is 551 g/mol. The molecule has 1 aliphatic heterocycles. The van der Waals surface area contributed by atoms with Gasteiger partial charge in [-0.2, -0.15) is 0 Å². The zero-order valence-electron chi connectivity index (χ0n) is 26.4.